The summed E-state index contributed by atoms with van der Waals surface area (Å²) in [5.74, 6) is 0. The van der Waals surface area contributed by atoms with E-state index in [1.165, 1.54) is 20.1 Å². The molecule has 0 spiro atoms. The summed E-state index contributed by atoms with van der Waals surface area (Å²) in [5, 5.41) is 0.778. The van der Waals surface area contributed by atoms with Gasteiger partial charge >= 0.3 is 130 Å². The van der Waals surface area contributed by atoms with Gasteiger partial charge in [0.15, 0.2) is 0 Å². The van der Waals surface area contributed by atoms with Crippen LogP contribution in [0, 0.1) is 0 Å². The van der Waals surface area contributed by atoms with E-state index in [0.29, 0.717) is 15.0 Å². The average molecular weight is 344 g/mol. The number of hydrogen-bond acceptors (Lipinski definition) is 0. The van der Waals surface area contributed by atoms with Crippen LogP contribution in [0.25, 0.3) is 11.1 Å². The van der Waals surface area contributed by atoms with Gasteiger partial charge in [-0.05, 0) is 0 Å². The van der Waals surface area contributed by atoms with Gasteiger partial charge in [-0.3, -0.25) is 0 Å². The van der Waals surface area contributed by atoms with Gasteiger partial charge in [0.25, 0.3) is 0 Å². The van der Waals surface area contributed by atoms with E-state index in [1.807, 2.05) is 12.1 Å². The Morgan fingerprint density at radius 3 is 2.05 bits per heavy atom. The van der Waals surface area contributed by atoms with E-state index in [-0.39, 0.29) is 0 Å². The number of hydrogen-bond donors (Lipinski definition) is 0. The molecule has 3 rings (SSSR count). The molecule has 0 saturated heterocycles. The van der Waals surface area contributed by atoms with Crippen LogP contribution >= 0.6 is 11.6 Å². The molecule has 0 aliphatic rings. The molecule has 0 fully saturated rings. The zero-order chi connectivity index (χ0) is 13.8. The summed E-state index contributed by atoms with van der Waals surface area (Å²) in [6, 6.07) is 27.3. The maximum atomic E-state index is 5.97. The minimum absolute atomic E-state index is 0.317. The molecular weight excluding hydrogens is 331 g/mol. The van der Waals surface area contributed by atoms with Crippen molar-refractivity contribution in [1.82, 2.24) is 0 Å². The first-order valence-electron chi connectivity index (χ1n) is 6.41. The average Bonchev–Trinajstić information content (AvgIpc) is 2.50. The second kappa shape index (κ2) is 6.28. The second-order valence-corrected chi connectivity index (χ2v) is 7.19. The van der Waals surface area contributed by atoms with Gasteiger partial charge in [0, 0.05) is 0 Å². The summed E-state index contributed by atoms with van der Waals surface area (Å²) >= 11 is 6.29. The first kappa shape index (κ1) is 13.5. The van der Waals surface area contributed by atoms with Crippen LogP contribution < -0.4 is 8.92 Å². The summed E-state index contributed by atoms with van der Waals surface area (Å²) < 4.78 is 2.79. The van der Waals surface area contributed by atoms with Crippen LogP contribution in [0.15, 0.2) is 78.9 Å². The van der Waals surface area contributed by atoms with Gasteiger partial charge in [0.05, 0.1) is 0 Å². The Hall–Kier alpha value is -1.53. The van der Waals surface area contributed by atoms with E-state index < -0.39 is 0 Å². The van der Waals surface area contributed by atoms with Crippen molar-refractivity contribution in [3.8, 4) is 11.1 Å². The molecule has 98 valence electrons. The van der Waals surface area contributed by atoms with E-state index in [1.54, 1.807) is 0 Å². The van der Waals surface area contributed by atoms with Crippen molar-refractivity contribution >= 4 is 35.5 Å². The van der Waals surface area contributed by atoms with Gasteiger partial charge in [-0.2, -0.15) is 0 Å². The molecule has 0 amide bonds. The van der Waals surface area contributed by atoms with Crippen molar-refractivity contribution in [3.05, 3.63) is 83.9 Å². The van der Waals surface area contributed by atoms with Crippen LogP contribution in [-0.2, 0) is 0 Å². The molecule has 3 aromatic rings. The molecule has 3 aromatic carbocycles. The summed E-state index contributed by atoms with van der Waals surface area (Å²) in [6.45, 7) is 0. The third-order valence-electron chi connectivity index (χ3n) is 3.01. The quantitative estimate of drug-likeness (QED) is 0.637. The van der Waals surface area contributed by atoms with Gasteiger partial charge in [-0.1, -0.05) is 0 Å². The topological polar surface area (TPSA) is 0 Å². The summed E-state index contributed by atoms with van der Waals surface area (Å²) in [5.41, 5.74) is 2.52. The monoisotopic (exact) mass is 344 g/mol. The fourth-order valence-corrected chi connectivity index (χ4v) is 4.24. The number of halogens is 1. The molecule has 0 atom stereocenters. The van der Waals surface area contributed by atoms with Crippen LogP contribution in [-0.4, -0.2) is 15.0 Å². The predicted molar refractivity (Wildman–Crippen MR) is 88.4 cm³/mol. The summed E-state index contributed by atoms with van der Waals surface area (Å²) in [4.78, 5) is 0. The van der Waals surface area contributed by atoms with Crippen molar-refractivity contribution in [2.45, 2.75) is 0 Å². The van der Waals surface area contributed by atoms with Crippen LogP contribution in [0.4, 0.5) is 0 Å². The molecule has 0 aromatic heterocycles. The maximum absolute atomic E-state index is 5.97. The zero-order valence-electron chi connectivity index (χ0n) is 10.8. The van der Waals surface area contributed by atoms with Gasteiger partial charge in [-0.15, -0.1) is 0 Å². The third-order valence-corrected chi connectivity index (χ3v) is 5.54. The van der Waals surface area contributed by atoms with Crippen molar-refractivity contribution in [2.75, 3.05) is 0 Å². The minimum atomic E-state index is 0.317. The van der Waals surface area contributed by atoms with Gasteiger partial charge in [0.2, 0.25) is 0 Å². The van der Waals surface area contributed by atoms with E-state index in [2.05, 4.69) is 66.7 Å². The fraction of sp³-hybridized carbons (Fsp3) is 0. The molecule has 0 radical (unpaired) electrons. The second-order valence-electron chi connectivity index (χ2n) is 4.42. The predicted octanol–water partition coefficient (Wildman–Crippen LogP) is 3.66. The van der Waals surface area contributed by atoms with Crippen LogP contribution in [0.3, 0.4) is 0 Å². The SMILES string of the molecule is Clc1ccc(-c2ccccc2[Se]c2ccccc2)cc1. The Labute approximate surface area is 130 Å². The summed E-state index contributed by atoms with van der Waals surface area (Å²) in [7, 11) is 0. The van der Waals surface area contributed by atoms with E-state index in [9.17, 15) is 0 Å². The van der Waals surface area contributed by atoms with Crippen molar-refractivity contribution in [3.63, 3.8) is 0 Å². The van der Waals surface area contributed by atoms with E-state index in [0.717, 1.165) is 5.02 Å². The fourth-order valence-electron chi connectivity index (χ4n) is 2.04. The van der Waals surface area contributed by atoms with E-state index in [4.69, 9.17) is 11.6 Å². The van der Waals surface area contributed by atoms with Gasteiger partial charge in [-0.25, -0.2) is 0 Å². The first-order valence-corrected chi connectivity index (χ1v) is 8.50. The number of benzene rings is 3. The third kappa shape index (κ3) is 3.13. The Balaban J connectivity index is 1.98. The molecule has 0 nitrogen and oxygen atoms in total. The number of rotatable bonds is 3. The molecule has 0 aliphatic heterocycles. The standard InChI is InChI=1S/C18H13ClSe/c19-15-12-10-14(11-13-15)17-8-4-5-9-18(17)20-16-6-2-1-3-7-16/h1-13H. The van der Waals surface area contributed by atoms with Gasteiger partial charge in [0.1, 0.15) is 0 Å². The molecule has 2 heteroatoms. The Morgan fingerprint density at radius 1 is 0.650 bits per heavy atom. The van der Waals surface area contributed by atoms with Crippen molar-refractivity contribution in [1.29, 1.82) is 0 Å². The molecule has 20 heavy (non-hydrogen) atoms. The first-order chi connectivity index (χ1) is 9.83. The van der Waals surface area contributed by atoms with Crippen molar-refractivity contribution < 1.29 is 0 Å². The Kier molecular flexibility index (Phi) is 4.22. The molecule has 0 N–H and O–H groups in total. The Morgan fingerprint density at radius 2 is 1.30 bits per heavy atom. The van der Waals surface area contributed by atoms with E-state index >= 15 is 0 Å². The molecule has 0 aliphatic carbocycles. The van der Waals surface area contributed by atoms with Crippen LogP contribution in [0.2, 0.25) is 5.02 Å². The normalized spacial score (nSPS) is 10.4. The van der Waals surface area contributed by atoms with Crippen LogP contribution in [0.1, 0.15) is 0 Å². The molecule has 0 saturated carbocycles. The molecule has 0 unspecified atom stereocenters. The van der Waals surface area contributed by atoms with Crippen LogP contribution in [0.5, 0.6) is 0 Å². The molecular formula is C18H13ClSe. The zero-order valence-corrected chi connectivity index (χ0v) is 13.3. The van der Waals surface area contributed by atoms with Crippen molar-refractivity contribution in [2.24, 2.45) is 0 Å². The Bertz CT molecular complexity index is 690. The summed E-state index contributed by atoms with van der Waals surface area (Å²) in [6.07, 6.45) is 0. The van der Waals surface area contributed by atoms with Gasteiger partial charge < -0.3 is 0 Å². The molecule has 0 heterocycles. The molecule has 0 bridgehead atoms.